The normalized spacial score (nSPS) is 15.8. The molecule has 1 aromatic heterocycles. The number of fused-ring (bicyclic) bond motifs is 1. The molecule has 0 atom stereocenters. The molecule has 1 aliphatic heterocycles. The number of nitrogens with one attached hydrogen (secondary N) is 1. The van der Waals surface area contributed by atoms with Crippen molar-refractivity contribution in [1.82, 2.24) is 4.98 Å². The van der Waals surface area contributed by atoms with Crippen LogP contribution >= 0.6 is 0 Å². The van der Waals surface area contributed by atoms with Crippen LogP contribution in [-0.2, 0) is 4.74 Å². The van der Waals surface area contributed by atoms with Gasteiger partial charge in [-0.3, -0.25) is 10.1 Å². The van der Waals surface area contributed by atoms with Crippen molar-refractivity contribution in [3.63, 3.8) is 0 Å². The zero-order valence-corrected chi connectivity index (χ0v) is 12.0. The Morgan fingerprint density at radius 2 is 2.27 bits per heavy atom. The predicted molar refractivity (Wildman–Crippen MR) is 80.5 cm³/mol. The van der Waals surface area contributed by atoms with Crippen LogP contribution in [0.3, 0.4) is 0 Å². The van der Waals surface area contributed by atoms with Crippen LogP contribution < -0.4 is 5.32 Å². The fourth-order valence-electron chi connectivity index (χ4n) is 2.37. The summed E-state index contributed by atoms with van der Waals surface area (Å²) in [5, 5.41) is 23.8. The molecule has 1 saturated heterocycles. The van der Waals surface area contributed by atoms with E-state index < -0.39 is 4.92 Å². The van der Waals surface area contributed by atoms with Gasteiger partial charge in [0, 0.05) is 29.5 Å². The van der Waals surface area contributed by atoms with Gasteiger partial charge in [0.05, 0.1) is 35.3 Å². The summed E-state index contributed by atoms with van der Waals surface area (Å²) in [6, 6.07) is 8.03. The predicted octanol–water partition coefficient (Wildman–Crippen LogP) is 2.46. The van der Waals surface area contributed by atoms with Gasteiger partial charge in [-0.05, 0) is 12.1 Å². The number of hydrogen-bond donors (Lipinski definition) is 1. The van der Waals surface area contributed by atoms with Crippen LogP contribution in [0, 0.1) is 26.9 Å². The van der Waals surface area contributed by atoms with Crippen molar-refractivity contribution >= 4 is 22.4 Å². The van der Waals surface area contributed by atoms with E-state index in [1.165, 1.54) is 12.1 Å². The Morgan fingerprint density at radius 3 is 2.86 bits per heavy atom. The molecule has 7 heteroatoms. The average Bonchev–Trinajstić information content (AvgIpc) is 2.49. The first kappa shape index (κ1) is 14.2. The lowest BCUT2D eigenvalue weighted by Gasteiger charge is -2.38. The molecule has 0 bridgehead atoms. The van der Waals surface area contributed by atoms with Gasteiger partial charge in [0.15, 0.2) is 0 Å². The Kier molecular flexibility index (Phi) is 3.39. The Bertz CT molecular complexity index is 793. The molecule has 0 unspecified atom stereocenters. The number of pyridine rings is 1. The van der Waals surface area contributed by atoms with E-state index in [0.717, 1.165) is 0 Å². The minimum absolute atomic E-state index is 0.0503. The minimum atomic E-state index is -0.482. The van der Waals surface area contributed by atoms with Crippen LogP contribution in [-0.4, -0.2) is 29.7 Å². The lowest BCUT2D eigenvalue weighted by atomic mass is 9.89. The van der Waals surface area contributed by atoms with Gasteiger partial charge in [0.2, 0.25) is 0 Å². The van der Waals surface area contributed by atoms with Crippen molar-refractivity contribution < 1.29 is 9.66 Å². The Hall–Kier alpha value is -2.72. The fraction of sp³-hybridized carbons (Fsp3) is 0.333. The second kappa shape index (κ2) is 5.24. The maximum Gasteiger partial charge on any atom is 0.270 e. The van der Waals surface area contributed by atoms with E-state index >= 15 is 0 Å². The molecule has 1 aromatic carbocycles. The molecule has 0 aliphatic carbocycles. The van der Waals surface area contributed by atoms with Gasteiger partial charge in [-0.15, -0.1) is 0 Å². The summed E-state index contributed by atoms with van der Waals surface area (Å²) in [5.41, 5.74) is 0.956. The molecule has 22 heavy (non-hydrogen) atoms. The number of hydrogen-bond acceptors (Lipinski definition) is 6. The van der Waals surface area contributed by atoms with Crippen LogP contribution in [0.5, 0.6) is 0 Å². The van der Waals surface area contributed by atoms with Crippen LogP contribution in [0.1, 0.15) is 12.5 Å². The van der Waals surface area contributed by atoms with Crippen LogP contribution in [0.4, 0.5) is 11.5 Å². The van der Waals surface area contributed by atoms with Crippen molar-refractivity contribution in [3.8, 4) is 6.07 Å². The number of rotatable bonds is 4. The molecule has 0 amide bonds. The van der Waals surface area contributed by atoms with E-state index in [9.17, 15) is 15.4 Å². The molecular formula is C15H14N4O3. The number of nitro groups is 1. The molecule has 1 N–H and O–H groups in total. The highest BCUT2D eigenvalue weighted by Crippen LogP contribution is 2.28. The largest absolute Gasteiger partial charge is 0.380 e. The topological polar surface area (TPSA) is 101 Å². The third-order valence-corrected chi connectivity index (χ3v) is 3.72. The summed E-state index contributed by atoms with van der Waals surface area (Å²) in [4.78, 5) is 14.8. The fourth-order valence-corrected chi connectivity index (χ4v) is 2.37. The standard InChI is InChI=1S/C15H14N4O3/c1-15(8-22-9-15)7-17-14-4-10(6-16)12-5-11(19(20)21)2-3-13(12)18-14/h2-5H,7-9H2,1H3,(H,17,18). The first-order valence-corrected chi connectivity index (χ1v) is 6.82. The molecule has 7 nitrogen and oxygen atoms in total. The maximum absolute atomic E-state index is 10.8. The van der Waals surface area contributed by atoms with E-state index in [2.05, 4.69) is 23.3 Å². The van der Waals surface area contributed by atoms with Gasteiger partial charge >= 0.3 is 0 Å². The van der Waals surface area contributed by atoms with Crippen LogP contribution in [0.15, 0.2) is 24.3 Å². The summed E-state index contributed by atoms with van der Waals surface area (Å²) in [6.45, 7) is 4.21. The van der Waals surface area contributed by atoms with Crippen LogP contribution in [0.2, 0.25) is 0 Å². The zero-order valence-electron chi connectivity index (χ0n) is 12.0. The van der Waals surface area contributed by atoms with E-state index in [1.54, 1.807) is 12.1 Å². The van der Waals surface area contributed by atoms with Crippen molar-refractivity contribution in [2.75, 3.05) is 25.1 Å². The van der Waals surface area contributed by atoms with Gasteiger partial charge in [-0.2, -0.15) is 5.26 Å². The van der Waals surface area contributed by atoms with E-state index in [4.69, 9.17) is 4.74 Å². The van der Waals surface area contributed by atoms with Gasteiger partial charge in [-0.25, -0.2) is 4.98 Å². The smallest absolute Gasteiger partial charge is 0.270 e. The van der Waals surface area contributed by atoms with Gasteiger partial charge in [-0.1, -0.05) is 6.92 Å². The first-order chi connectivity index (χ1) is 10.5. The van der Waals surface area contributed by atoms with Crippen molar-refractivity contribution in [2.24, 2.45) is 5.41 Å². The summed E-state index contributed by atoms with van der Waals surface area (Å²) in [6.07, 6.45) is 0. The molecule has 1 aliphatic rings. The quantitative estimate of drug-likeness (QED) is 0.687. The third-order valence-electron chi connectivity index (χ3n) is 3.72. The second-order valence-corrected chi connectivity index (χ2v) is 5.78. The number of nitro benzene ring substituents is 1. The molecule has 2 heterocycles. The highest BCUT2D eigenvalue weighted by molar-refractivity contribution is 5.88. The first-order valence-electron chi connectivity index (χ1n) is 6.82. The number of non-ortho nitro benzene ring substituents is 1. The van der Waals surface area contributed by atoms with Crippen molar-refractivity contribution in [1.29, 1.82) is 5.26 Å². The number of aromatic nitrogens is 1. The Balaban J connectivity index is 1.94. The lowest BCUT2D eigenvalue weighted by Crippen LogP contribution is -2.45. The van der Waals surface area contributed by atoms with Gasteiger partial charge in [0.1, 0.15) is 5.82 Å². The summed E-state index contributed by atoms with van der Waals surface area (Å²) >= 11 is 0. The lowest BCUT2D eigenvalue weighted by molar-refractivity contribution is -0.384. The number of ether oxygens (including phenoxy) is 1. The van der Waals surface area contributed by atoms with Crippen LogP contribution in [0.25, 0.3) is 10.9 Å². The maximum atomic E-state index is 10.8. The highest BCUT2D eigenvalue weighted by atomic mass is 16.6. The summed E-state index contributed by atoms with van der Waals surface area (Å²) in [7, 11) is 0. The second-order valence-electron chi connectivity index (χ2n) is 5.78. The summed E-state index contributed by atoms with van der Waals surface area (Å²) in [5.74, 6) is 0.589. The minimum Gasteiger partial charge on any atom is -0.380 e. The zero-order chi connectivity index (χ0) is 15.7. The van der Waals surface area contributed by atoms with Crippen molar-refractivity contribution in [3.05, 3.63) is 39.9 Å². The molecular weight excluding hydrogens is 284 g/mol. The molecule has 3 rings (SSSR count). The van der Waals surface area contributed by atoms with E-state index in [0.29, 0.717) is 42.0 Å². The molecule has 1 fully saturated rings. The number of nitriles is 1. The molecule has 112 valence electrons. The molecule has 0 radical (unpaired) electrons. The van der Waals surface area contributed by atoms with Crippen molar-refractivity contribution in [2.45, 2.75) is 6.92 Å². The number of anilines is 1. The number of nitrogens with zero attached hydrogens (tertiary/aromatic N) is 3. The number of benzene rings is 1. The molecule has 2 aromatic rings. The van der Waals surface area contributed by atoms with Gasteiger partial charge in [0.25, 0.3) is 5.69 Å². The summed E-state index contributed by atoms with van der Waals surface area (Å²) < 4.78 is 5.20. The monoisotopic (exact) mass is 298 g/mol. The molecule has 0 spiro atoms. The third kappa shape index (κ3) is 2.56. The molecule has 0 saturated carbocycles. The van der Waals surface area contributed by atoms with Gasteiger partial charge < -0.3 is 10.1 Å². The Morgan fingerprint density at radius 1 is 1.50 bits per heavy atom. The Labute approximate surface area is 126 Å². The SMILES string of the molecule is CC1(CNc2cc(C#N)c3cc([N+](=O)[O-])ccc3n2)COC1. The van der Waals surface area contributed by atoms with E-state index in [-0.39, 0.29) is 11.1 Å². The highest BCUT2D eigenvalue weighted by Gasteiger charge is 2.33. The van der Waals surface area contributed by atoms with E-state index in [1.807, 2.05) is 0 Å². The average molecular weight is 298 g/mol.